The van der Waals surface area contributed by atoms with Crippen LogP contribution in [-0.2, 0) is 0 Å². The van der Waals surface area contributed by atoms with Gasteiger partial charge in [0.15, 0.2) is 11.4 Å². The number of pyridine rings is 1. The first-order valence-corrected chi connectivity index (χ1v) is 4.82. The van der Waals surface area contributed by atoms with E-state index in [0.717, 1.165) is 5.69 Å². The number of nitrogens with zero attached hydrogens (tertiary/aromatic N) is 3. The molecule has 0 bridgehead atoms. The van der Waals surface area contributed by atoms with E-state index in [1.165, 1.54) is 18.5 Å². The van der Waals surface area contributed by atoms with E-state index in [9.17, 15) is 4.79 Å². The number of carbonyl (C=O) groups is 1. The Bertz CT molecular complexity index is 557. The van der Waals surface area contributed by atoms with Crippen LogP contribution in [0.3, 0.4) is 0 Å². The summed E-state index contributed by atoms with van der Waals surface area (Å²) in [7, 11) is 0. The van der Waals surface area contributed by atoms with Crippen molar-refractivity contribution in [2.45, 2.75) is 6.92 Å². The fraction of sp³-hybridized carbons (Fsp3) is 0.0909. The smallest absolute Gasteiger partial charge is 0.358 e. The van der Waals surface area contributed by atoms with Crippen molar-refractivity contribution in [3.8, 4) is 11.8 Å². The van der Waals surface area contributed by atoms with Crippen LogP contribution in [0.15, 0.2) is 30.6 Å². The number of hydrogen-bond donors (Lipinski definition) is 1. The highest BCUT2D eigenvalue weighted by Crippen LogP contribution is 2.20. The summed E-state index contributed by atoms with van der Waals surface area (Å²) in [4.78, 5) is 22.5. The molecule has 0 saturated carbocycles. The zero-order valence-electron chi connectivity index (χ0n) is 8.99. The first-order chi connectivity index (χ1) is 8.16. The highest BCUT2D eigenvalue weighted by Gasteiger charge is 2.13. The summed E-state index contributed by atoms with van der Waals surface area (Å²) >= 11 is 0. The third-order valence-electron chi connectivity index (χ3n) is 1.95. The molecule has 0 aromatic carbocycles. The standard InChI is InChI=1S/C11H9N3O3/c1-7-4-6-13-11(14-7)17-8-3-2-5-12-9(8)10(15)16/h2-6H,1H3,(H,15,16). The van der Waals surface area contributed by atoms with Crippen molar-refractivity contribution in [3.05, 3.63) is 42.0 Å². The van der Waals surface area contributed by atoms with Crippen LogP contribution in [0.4, 0.5) is 0 Å². The van der Waals surface area contributed by atoms with Gasteiger partial charge >= 0.3 is 12.0 Å². The summed E-state index contributed by atoms with van der Waals surface area (Å²) in [5.41, 5.74) is 0.563. The van der Waals surface area contributed by atoms with Crippen LogP contribution in [0, 0.1) is 6.92 Å². The van der Waals surface area contributed by atoms with Crippen molar-refractivity contribution < 1.29 is 14.6 Å². The van der Waals surface area contributed by atoms with Crippen LogP contribution in [0.5, 0.6) is 11.8 Å². The van der Waals surface area contributed by atoms with Gasteiger partial charge in [-0.05, 0) is 25.1 Å². The zero-order valence-corrected chi connectivity index (χ0v) is 8.99. The lowest BCUT2D eigenvalue weighted by atomic mass is 10.3. The van der Waals surface area contributed by atoms with Gasteiger partial charge in [0.05, 0.1) is 0 Å². The van der Waals surface area contributed by atoms with Gasteiger partial charge in [0.2, 0.25) is 0 Å². The van der Waals surface area contributed by atoms with Crippen LogP contribution in [-0.4, -0.2) is 26.0 Å². The van der Waals surface area contributed by atoms with Crippen molar-refractivity contribution in [2.75, 3.05) is 0 Å². The molecule has 2 aromatic heterocycles. The van der Waals surface area contributed by atoms with Gasteiger partial charge in [-0.15, -0.1) is 0 Å². The highest BCUT2D eigenvalue weighted by atomic mass is 16.5. The molecule has 17 heavy (non-hydrogen) atoms. The maximum absolute atomic E-state index is 10.9. The molecule has 86 valence electrons. The molecule has 0 aliphatic rings. The minimum Gasteiger partial charge on any atom is -0.476 e. The summed E-state index contributed by atoms with van der Waals surface area (Å²) < 4.78 is 5.29. The number of aryl methyl sites for hydroxylation is 1. The Labute approximate surface area is 96.9 Å². The zero-order chi connectivity index (χ0) is 12.3. The number of rotatable bonds is 3. The Morgan fingerprint density at radius 2 is 2.12 bits per heavy atom. The predicted molar refractivity (Wildman–Crippen MR) is 58.0 cm³/mol. The van der Waals surface area contributed by atoms with E-state index in [1.54, 1.807) is 19.1 Å². The molecule has 0 unspecified atom stereocenters. The van der Waals surface area contributed by atoms with E-state index in [2.05, 4.69) is 15.0 Å². The summed E-state index contributed by atoms with van der Waals surface area (Å²) in [5.74, 6) is -1.04. The van der Waals surface area contributed by atoms with E-state index in [-0.39, 0.29) is 17.5 Å². The molecule has 6 nitrogen and oxygen atoms in total. The number of carboxylic acid groups (broad SMARTS) is 1. The molecule has 2 aromatic rings. The minimum atomic E-state index is -1.16. The Kier molecular flexibility index (Phi) is 2.95. The molecule has 0 amide bonds. The minimum absolute atomic E-state index is 0.0977. The number of aromatic nitrogens is 3. The van der Waals surface area contributed by atoms with E-state index >= 15 is 0 Å². The SMILES string of the molecule is Cc1ccnc(Oc2cccnc2C(=O)O)n1. The number of aromatic carboxylic acids is 1. The second-order valence-corrected chi connectivity index (χ2v) is 3.24. The van der Waals surface area contributed by atoms with Gasteiger partial charge in [0, 0.05) is 18.1 Å². The van der Waals surface area contributed by atoms with Gasteiger partial charge in [-0.25, -0.2) is 19.7 Å². The summed E-state index contributed by atoms with van der Waals surface area (Å²) in [6.45, 7) is 1.79. The van der Waals surface area contributed by atoms with Crippen LogP contribution in [0.1, 0.15) is 16.2 Å². The van der Waals surface area contributed by atoms with Gasteiger partial charge in [0.1, 0.15) is 0 Å². The Hall–Kier alpha value is -2.50. The van der Waals surface area contributed by atoms with Crippen LogP contribution >= 0.6 is 0 Å². The highest BCUT2D eigenvalue weighted by molar-refractivity contribution is 5.88. The van der Waals surface area contributed by atoms with Gasteiger partial charge in [-0.3, -0.25) is 0 Å². The molecule has 6 heteroatoms. The maximum Gasteiger partial charge on any atom is 0.358 e. The largest absolute Gasteiger partial charge is 0.476 e. The van der Waals surface area contributed by atoms with Crippen molar-refractivity contribution in [2.24, 2.45) is 0 Å². The molecule has 2 rings (SSSR count). The molecular formula is C11H9N3O3. The van der Waals surface area contributed by atoms with Gasteiger partial charge in [-0.2, -0.15) is 0 Å². The summed E-state index contributed by atoms with van der Waals surface area (Å²) in [6.07, 6.45) is 2.92. The normalized spacial score (nSPS) is 9.94. The number of hydrogen-bond acceptors (Lipinski definition) is 5. The number of carboxylic acids is 1. The first kappa shape index (κ1) is 11.0. The second kappa shape index (κ2) is 4.56. The lowest BCUT2D eigenvalue weighted by Crippen LogP contribution is -2.04. The van der Waals surface area contributed by atoms with Crippen molar-refractivity contribution in [1.29, 1.82) is 0 Å². The lowest BCUT2D eigenvalue weighted by molar-refractivity contribution is 0.0687. The molecule has 0 saturated heterocycles. The quantitative estimate of drug-likeness (QED) is 0.864. The average molecular weight is 231 g/mol. The third kappa shape index (κ3) is 2.54. The monoisotopic (exact) mass is 231 g/mol. The van der Waals surface area contributed by atoms with Gasteiger partial charge in [0.25, 0.3) is 0 Å². The van der Waals surface area contributed by atoms with Crippen molar-refractivity contribution >= 4 is 5.97 Å². The molecule has 0 aliphatic carbocycles. The number of ether oxygens (including phenoxy) is 1. The molecule has 0 aliphatic heterocycles. The molecule has 0 fully saturated rings. The Morgan fingerprint density at radius 1 is 1.29 bits per heavy atom. The second-order valence-electron chi connectivity index (χ2n) is 3.24. The lowest BCUT2D eigenvalue weighted by Gasteiger charge is -2.05. The maximum atomic E-state index is 10.9. The molecule has 0 spiro atoms. The molecular weight excluding hydrogens is 222 g/mol. The average Bonchev–Trinajstić information content (AvgIpc) is 2.29. The molecule has 0 atom stereocenters. The van der Waals surface area contributed by atoms with E-state index in [0.29, 0.717) is 0 Å². The Balaban J connectivity index is 2.33. The van der Waals surface area contributed by atoms with Crippen molar-refractivity contribution in [3.63, 3.8) is 0 Å². The van der Waals surface area contributed by atoms with Crippen molar-refractivity contribution in [1.82, 2.24) is 15.0 Å². The Morgan fingerprint density at radius 3 is 2.82 bits per heavy atom. The van der Waals surface area contributed by atoms with Crippen LogP contribution in [0.25, 0.3) is 0 Å². The van der Waals surface area contributed by atoms with E-state index in [1.807, 2.05) is 0 Å². The van der Waals surface area contributed by atoms with Crippen LogP contribution < -0.4 is 4.74 Å². The van der Waals surface area contributed by atoms with Gasteiger partial charge < -0.3 is 9.84 Å². The van der Waals surface area contributed by atoms with Crippen LogP contribution in [0.2, 0.25) is 0 Å². The predicted octanol–water partition coefficient (Wildman–Crippen LogP) is 1.67. The van der Waals surface area contributed by atoms with E-state index in [4.69, 9.17) is 9.84 Å². The third-order valence-corrected chi connectivity index (χ3v) is 1.95. The fourth-order valence-corrected chi connectivity index (χ4v) is 1.21. The molecule has 1 N–H and O–H groups in total. The van der Waals surface area contributed by atoms with E-state index < -0.39 is 5.97 Å². The fourth-order valence-electron chi connectivity index (χ4n) is 1.21. The molecule has 0 radical (unpaired) electrons. The summed E-state index contributed by atoms with van der Waals surface area (Å²) in [6, 6.07) is 4.90. The first-order valence-electron chi connectivity index (χ1n) is 4.82. The van der Waals surface area contributed by atoms with Gasteiger partial charge in [-0.1, -0.05) is 0 Å². The topological polar surface area (TPSA) is 85.2 Å². The molecule has 2 heterocycles. The summed E-state index contributed by atoms with van der Waals surface area (Å²) in [5, 5.41) is 8.91.